The average Bonchev–Trinajstić information content (AvgIpc) is 2.64. The molecule has 26 heavy (non-hydrogen) atoms. The van der Waals surface area contributed by atoms with E-state index in [2.05, 4.69) is 10.9 Å². The van der Waals surface area contributed by atoms with Gasteiger partial charge in [0.15, 0.2) is 9.84 Å². The summed E-state index contributed by atoms with van der Waals surface area (Å²) in [5, 5.41) is -0.344. The summed E-state index contributed by atoms with van der Waals surface area (Å²) >= 11 is 1.46. The summed E-state index contributed by atoms with van der Waals surface area (Å²) in [6, 6.07) is 15.3. The Kier molecular flexibility index (Phi) is 6.82. The first-order chi connectivity index (χ1) is 12.3. The molecule has 2 aromatic rings. The van der Waals surface area contributed by atoms with Crippen LogP contribution in [0.3, 0.4) is 0 Å². The fourth-order valence-electron chi connectivity index (χ4n) is 2.02. The maximum Gasteiger partial charge on any atom is 0.269 e. The van der Waals surface area contributed by atoms with Gasteiger partial charge in [-0.2, -0.15) is 0 Å². The maximum absolute atomic E-state index is 12.1. The van der Waals surface area contributed by atoms with E-state index in [4.69, 9.17) is 0 Å². The molecule has 0 fully saturated rings. The Hall–Kier alpha value is -2.32. The number of rotatable bonds is 6. The van der Waals surface area contributed by atoms with Crippen molar-refractivity contribution in [1.82, 2.24) is 10.9 Å². The molecular formula is C18H20N2O4S2. The second-order valence-corrected chi connectivity index (χ2v) is 9.02. The Balaban J connectivity index is 1.83. The minimum Gasteiger partial charge on any atom is -0.272 e. The number of carbonyl (C=O) groups is 2. The van der Waals surface area contributed by atoms with Crippen molar-refractivity contribution in [2.24, 2.45) is 0 Å². The summed E-state index contributed by atoms with van der Waals surface area (Å²) in [6.07, 6.45) is 1.09. The number of hydrogen-bond donors (Lipinski definition) is 2. The highest BCUT2D eigenvalue weighted by Gasteiger charge is 2.15. The first-order valence-corrected chi connectivity index (χ1v) is 10.8. The van der Waals surface area contributed by atoms with Crippen LogP contribution in [0.5, 0.6) is 0 Å². The minimum atomic E-state index is -3.32. The molecular weight excluding hydrogens is 372 g/mol. The van der Waals surface area contributed by atoms with Crippen LogP contribution in [0.4, 0.5) is 0 Å². The minimum absolute atomic E-state index is 0.129. The zero-order valence-electron chi connectivity index (χ0n) is 14.4. The van der Waals surface area contributed by atoms with Crippen LogP contribution in [0.1, 0.15) is 22.8 Å². The number of hydrogen-bond acceptors (Lipinski definition) is 5. The van der Waals surface area contributed by atoms with Crippen LogP contribution in [-0.4, -0.2) is 31.7 Å². The predicted octanol–water partition coefficient (Wildman–Crippen LogP) is 2.17. The van der Waals surface area contributed by atoms with Crippen molar-refractivity contribution in [1.29, 1.82) is 0 Å². The molecule has 1 unspecified atom stereocenters. The van der Waals surface area contributed by atoms with Gasteiger partial charge in [0.1, 0.15) is 0 Å². The normalized spacial score (nSPS) is 12.2. The van der Waals surface area contributed by atoms with Crippen molar-refractivity contribution in [3.63, 3.8) is 0 Å². The molecule has 0 saturated heterocycles. The molecule has 0 aliphatic rings. The Morgan fingerprint density at radius 3 is 2.19 bits per heavy atom. The highest BCUT2D eigenvalue weighted by Crippen LogP contribution is 2.17. The third-order valence-corrected chi connectivity index (χ3v) is 5.90. The van der Waals surface area contributed by atoms with Crippen LogP contribution in [0, 0.1) is 0 Å². The molecule has 2 amide bonds. The van der Waals surface area contributed by atoms with E-state index in [9.17, 15) is 18.0 Å². The molecule has 8 heteroatoms. The largest absolute Gasteiger partial charge is 0.272 e. The van der Waals surface area contributed by atoms with E-state index in [-0.39, 0.29) is 21.6 Å². The number of nitrogens with one attached hydrogen (secondary N) is 2. The SMILES string of the molecule is CC(SCc1ccccc1)C(=O)NNC(=O)c1ccc(S(C)(=O)=O)cc1. The molecule has 138 valence electrons. The Bertz CT molecular complexity index is 866. The van der Waals surface area contributed by atoms with Gasteiger partial charge < -0.3 is 0 Å². The first-order valence-electron chi connectivity index (χ1n) is 7.83. The second kappa shape index (κ2) is 8.86. The predicted molar refractivity (Wildman–Crippen MR) is 102 cm³/mol. The summed E-state index contributed by atoms with van der Waals surface area (Å²) in [7, 11) is -3.32. The molecule has 0 aliphatic carbocycles. The lowest BCUT2D eigenvalue weighted by molar-refractivity contribution is -0.121. The summed E-state index contributed by atoms with van der Waals surface area (Å²) in [6.45, 7) is 1.76. The topological polar surface area (TPSA) is 92.3 Å². The van der Waals surface area contributed by atoms with Crippen LogP contribution < -0.4 is 10.9 Å². The summed E-state index contributed by atoms with van der Waals surface area (Å²) < 4.78 is 22.8. The van der Waals surface area contributed by atoms with Gasteiger partial charge in [0, 0.05) is 17.6 Å². The van der Waals surface area contributed by atoms with Crippen molar-refractivity contribution in [3.8, 4) is 0 Å². The van der Waals surface area contributed by atoms with E-state index in [1.165, 1.54) is 36.0 Å². The fourth-order valence-corrected chi connectivity index (χ4v) is 3.49. The standard InChI is InChI=1S/C18H20N2O4S2/c1-13(25-12-14-6-4-3-5-7-14)17(21)19-20-18(22)15-8-10-16(11-9-15)26(2,23)24/h3-11,13H,12H2,1-2H3,(H,19,21)(H,20,22). The molecule has 0 spiro atoms. The van der Waals surface area contributed by atoms with Crippen molar-refractivity contribution in [2.75, 3.05) is 6.26 Å². The third kappa shape index (κ3) is 5.89. The van der Waals surface area contributed by atoms with E-state index in [0.29, 0.717) is 5.75 Å². The molecule has 6 nitrogen and oxygen atoms in total. The quantitative estimate of drug-likeness (QED) is 0.735. The Morgan fingerprint density at radius 1 is 1.00 bits per heavy atom. The van der Waals surface area contributed by atoms with E-state index in [0.717, 1.165) is 11.8 Å². The highest BCUT2D eigenvalue weighted by atomic mass is 32.2. The Morgan fingerprint density at radius 2 is 1.62 bits per heavy atom. The molecule has 0 saturated carbocycles. The van der Waals surface area contributed by atoms with E-state index in [1.807, 2.05) is 30.3 Å². The van der Waals surface area contributed by atoms with Crippen molar-refractivity contribution >= 4 is 33.4 Å². The van der Waals surface area contributed by atoms with Crippen molar-refractivity contribution < 1.29 is 18.0 Å². The van der Waals surface area contributed by atoms with Crippen LogP contribution in [-0.2, 0) is 20.4 Å². The number of benzene rings is 2. The van der Waals surface area contributed by atoms with Gasteiger partial charge in [-0.05, 0) is 36.8 Å². The summed E-state index contributed by atoms with van der Waals surface area (Å²) in [5.74, 6) is -0.137. The molecule has 2 N–H and O–H groups in total. The Labute approximate surface area is 157 Å². The molecule has 0 aromatic heterocycles. The lowest BCUT2D eigenvalue weighted by atomic mass is 10.2. The fraction of sp³-hybridized carbons (Fsp3) is 0.222. The van der Waals surface area contributed by atoms with Crippen LogP contribution in [0.25, 0.3) is 0 Å². The van der Waals surface area contributed by atoms with Gasteiger partial charge in [-0.15, -0.1) is 11.8 Å². The molecule has 2 aromatic carbocycles. The zero-order valence-corrected chi connectivity index (χ0v) is 16.1. The molecule has 0 heterocycles. The van der Waals surface area contributed by atoms with Gasteiger partial charge in [-0.3, -0.25) is 20.4 Å². The van der Waals surface area contributed by atoms with E-state index < -0.39 is 15.7 Å². The van der Waals surface area contributed by atoms with Gasteiger partial charge in [0.2, 0.25) is 0 Å². The molecule has 0 bridgehead atoms. The number of amides is 2. The van der Waals surface area contributed by atoms with Gasteiger partial charge in [0.25, 0.3) is 11.8 Å². The van der Waals surface area contributed by atoms with Crippen LogP contribution in [0.15, 0.2) is 59.5 Å². The van der Waals surface area contributed by atoms with E-state index >= 15 is 0 Å². The van der Waals surface area contributed by atoms with Gasteiger partial charge in [-0.1, -0.05) is 30.3 Å². The molecule has 2 rings (SSSR count). The molecule has 1 atom stereocenters. The van der Waals surface area contributed by atoms with E-state index in [1.54, 1.807) is 6.92 Å². The van der Waals surface area contributed by atoms with Crippen molar-refractivity contribution in [3.05, 3.63) is 65.7 Å². The maximum atomic E-state index is 12.1. The number of sulfone groups is 1. The molecule has 0 aliphatic heterocycles. The van der Waals surface area contributed by atoms with Crippen LogP contribution >= 0.6 is 11.8 Å². The third-order valence-electron chi connectivity index (χ3n) is 3.56. The number of thioether (sulfide) groups is 1. The van der Waals surface area contributed by atoms with Gasteiger partial charge in [0.05, 0.1) is 10.1 Å². The van der Waals surface area contributed by atoms with Crippen molar-refractivity contribution in [2.45, 2.75) is 22.8 Å². The second-order valence-electron chi connectivity index (χ2n) is 5.68. The lowest BCUT2D eigenvalue weighted by Crippen LogP contribution is -2.44. The number of hydrazine groups is 1. The summed E-state index contributed by atoms with van der Waals surface area (Å²) in [5.41, 5.74) is 6.09. The smallest absolute Gasteiger partial charge is 0.269 e. The van der Waals surface area contributed by atoms with Gasteiger partial charge in [-0.25, -0.2) is 8.42 Å². The first kappa shape index (κ1) is 20.0. The highest BCUT2D eigenvalue weighted by molar-refractivity contribution is 7.99. The zero-order chi connectivity index (χ0) is 19.2. The summed E-state index contributed by atoms with van der Waals surface area (Å²) in [4.78, 5) is 24.2. The van der Waals surface area contributed by atoms with Crippen LogP contribution in [0.2, 0.25) is 0 Å². The monoisotopic (exact) mass is 392 g/mol. The lowest BCUT2D eigenvalue weighted by Gasteiger charge is -2.13. The average molecular weight is 393 g/mol. The number of carbonyl (C=O) groups excluding carboxylic acids is 2. The van der Waals surface area contributed by atoms with Gasteiger partial charge >= 0.3 is 0 Å². The molecule has 0 radical (unpaired) electrons.